The summed E-state index contributed by atoms with van der Waals surface area (Å²) >= 11 is 0. The molecule has 1 nitrogen and oxygen atoms in total. The van der Waals surface area contributed by atoms with Gasteiger partial charge in [0.05, 0.1) is 0 Å². The van der Waals surface area contributed by atoms with Crippen molar-refractivity contribution in [2.45, 2.75) is 20.8 Å². The molecule has 2 fully saturated rings. The van der Waals surface area contributed by atoms with Gasteiger partial charge in [0.15, 0.2) is 0 Å². The molecule has 1 aliphatic carbocycles. The van der Waals surface area contributed by atoms with Crippen LogP contribution in [0.2, 0.25) is 0 Å². The molecular formula is C15H21N. The summed E-state index contributed by atoms with van der Waals surface area (Å²) in [6.07, 6.45) is 0. The third kappa shape index (κ3) is 1.53. The maximum Gasteiger partial charge on any atom is 0.0369 e. The summed E-state index contributed by atoms with van der Waals surface area (Å²) in [4.78, 5) is 2.57. The minimum absolute atomic E-state index is 0.884. The average Bonchev–Trinajstić information content (AvgIpc) is 2.75. The summed E-state index contributed by atoms with van der Waals surface area (Å²) < 4.78 is 0. The van der Waals surface area contributed by atoms with Crippen molar-refractivity contribution < 1.29 is 0 Å². The number of hydrogen-bond donors (Lipinski definition) is 0. The Morgan fingerprint density at radius 2 is 1.88 bits per heavy atom. The standard InChI is InChI=1S/C15H21N/c1-10(2)15-13-8-16(9-14(13)15)12-6-4-5-11(3)7-12/h4-7,10,13-15H,8-9H2,1-3H3. The van der Waals surface area contributed by atoms with Crippen LogP contribution in [-0.2, 0) is 0 Å². The summed E-state index contributed by atoms with van der Waals surface area (Å²) in [5.74, 6) is 3.87. The van der Waals surface area contributed by atoms with Crippen LogP contribution in [0.1, 0.15) is 19.4 Å². The molecule has 0 N–H and O–H groups in total. The van der Waals surface area contributed by atoms with Gasteiger partial charge >= 0.3 is 0 Å². The molecule has 0 radical (unpaired) electrons. The summed E-state index contributed by atoms with van der Waals surface area (Å²) in [6.45, 7) is 9.51. The molecule has 1 aliphatic heterocycles. The molecule has 0 aromatic heterocycles. The fraction of sp³-hybridized carbons (Fsp3) is 0.600. The SMILES string of the molecule is Cc1cccc(N2CC3C(C2)C3C(C)C)c1. The van der Waals surface area contributed by atoms with E-state index in [0.29, 0.717) is 0 Å². The fourth-order valence-corrected chi connectivity index (χ4v) is 3.60. The summed E-state index contributed by atoms with van der Waals surface area (Å²) in [5.41, 5.74) is 2.80. The van der Waals surface area contributed by atoms with Crippen LogP contribution in [0, 0.1) is 30.6 Å². The zero-order valence-electron chi connectivity index (χ0n) is 10.5. The predicted octanol–water partition coefficient (Wildman–Crippen LogP) is 3.33. The van der Waals surface area contributed by atoms with Crippen molar-refractivity contribution in [1.82, 2.24) is 0 Å². The van der Waals surface area contributed by atoms with Crippen LogP contribution < -0.4 is 4.90 Å². The normalized spacial score (nSPS) is 32.0. The third-order valence-corrected chi connectivity index (χ3v) is 4.40. The van der Waals surface area contributed by atoms with Crippen molar-refractivity contribution >= 4 is 5.69 Å². The number of piperidine rings is 1. The zero-order chi connectivity index (χ0) is 11.3. The first-order valence-corrected chi connectivity index (χ1v) is 6.48. The molecule has 3 rings (SSSR count). The number of fused-ring (bicyclic) bond motifs is 1. The lowest BCUT2D eigenvalue weighted by molar-refractivity contribution is 0.480. The summed E-state index contributed by atoms with van der Waals surface area (Å²) in [5, 5.41) is 0. The first-order chi connectivity index (χ1) is 7.66. The second-order valence-corrected chi connectivity index (χ2v) is 5.89. The van der Waals surface area contributed by atoms with E-state index in [-0.39, 0.29) is 0 Å². The number of hydrogen-bond acceptors (Lipinski definition) is 1. The van der Waals surface area contributed by atoms with E-state index in [1.165, 1.54) is 24.3 Å². The Bertz CT molecular complexity index is 384. The molecule has 1 saturated heterocycles. The van der Waals surface area contributed by atoms with Gasteiger partial charge in [0, 0.05) is 18.8 Å². The van der Waals surface area contributed by atoms with E-state index in [4.69, 9.17) is 0 Å². The molecule has 1 heterocycles. The molecule has 2 aliphatic rings. The second kappa shape index (κ2) is 3.51. The Hall–Kier alpha value is -0.980. The number of rotatable bonds is 2. The molecule has 86 valence electrons. The minimum atomic E-state index is 0.884. The Labute approximate surface area is 98.5 Å². The van der Waals surface area contributed by atoms with Gasteiger partial charge < -0.3 is 4.90 Å². The average molecular weight is 215 g/mol. The minimum Gasteiger partial charge on any atom is -0.371 e. The van der Waals surface area contributed by atoms with Gasteiger partial charge in [-0.2, -0.15) is 0 Å². The second-order valence-electron chi connectivity index (χ2n) is 5.89. The van der Waals surface area contributed by atoms with Crippen LogP contribution in [0.4, 0.5) is 5.69 Å². The van der Waals surface area contributed by atoms with Gasteiger partial charge in [-0.3, -0.25) is 0 Å². The van der Waals surface area contributed by atoms with E-state index in [1.54, 1.807) is 0 Å². The van der Waals surface area contributed by atoms with Crippen molar-refractivity contribution in [3.8, 4) is 0 Å². The van der Waals surface area contributed by atoms with E-state index in [9.17, 15) is 0 Å². The van der Waals surface area contributed by atoms with Gasteiger partial charge in [-0.05, 0) is 48.3 Å². The highest BCUT2D eigenvalue weighted by atomic mass is 15.2. The molecule has 2 unspecified atom stereocenters. The van der Waals surface area contributed by atoms with Crippen LogP contribution in [-0.4, -0.2) is 13.1 Å². The Balaban J connectivity index is 1.69. The molecule has 1 aromatic rings. The van der Waals surface area contributed by atoms with E-state index < -0.39 is 0 Å². The molecule has 1 aromatic carbocycles. The van der Waals surface area contributed by atoms with Gasteiger partial charge in [0.25, 0.3) is 0 Å². The lowest BCUT2D eigenvalue weighted by Crippen LogP contribution is -2.24. The van der Waals surface area contributed by atoms with E-state index in [2.05, 4.69) is 49.9 Å². The van der Waals surface area contributed by atoms with Crippen LogP contribution in [0.3, 0.4) is 0 Å². The summed E-state index contributed by atoms with van der Waals surface area (Å²) in [7, 11) is 0. The molecule has 0 amide bonds. The van der Waals surface area contributed by atoms with Crippen LogP contribution >= 0.6 is 0 Å². The van der Waals surface area contributed by atoms with Crippen molar-refractivity contribution in [3.05, 3.63) is 29.8 Å². The molecule has 0 bridgehead atoms. The van der Waals surface area contributed by atoms with Crippen molar-refractivity contribution in [1.29, 1.82) is 0 Å². The molecule has 1 saturated carbocycles. The van der Waals surface area contributed by atoms with Gasteiger partial charge in [0.2, 0.25) is 0 Å². The van der Waals surface area contributed by atoms with Crippen molar-refractivity contribution in [2.75, 3.05) is 18.0 Å². The maximum absolute atomic E-state index is 2.57. The van der Waals surface area contributed by atoms with Crippen LogP contribution in [0.5, 0.6) is 0 Å². The Kier molecular flexibility index (Phi) is 2.24. The largest absolute Gasteiger partial charge is 0.371 e. The van der Waals surface area contributed by atoms with E-state index in [1.807, 2.05) is 0 Å². The van der Waals surface area contributed by atoms with Gasteiger partial charge in [-0.25, -0.2) is 0 Å². The molecule has 0 spiro atoms. The molecule has 2 atom stereocenters. The zero-order valence-corrected chi connectivity index (χ0v) is 10.5. The quantitative estimate of drug-likeness (QED) is 0.731. The summed E-state index contributed by atoms with van der Waals surface area (Å²) in [6, 6.07) is 8.92. The smallest absolute Gasteiger partial charge is 0.0369 e. The molecule has 1 heteroatoms. The Morgan fingerprint density at radius 3 is 2.44 bits per heavy atom. The van der Waals surface area contributed by atoms with Crippen molar-refractivity contribution in [3.63, 3.8) is 0 Å². The highest BCUT2D eigenvalue weighted by Crippen LogP contribution is 2.56. The first-order valence-electron chi connectivity index (χ1n) is 6.48. The topological polar surface area (TPSA) is 3.24 Å². The van der Waals surface area contributed by atoms with E-state index in [0.717, 1.165) is 23.7 Å². The van der Waals surface area contributed by atoms with Gasteiger partial charge in [-0.1, -0.05) is 26.0 Å². The molecular weight excluding hydrogens is 194 g/mol. The number of aryl methyl sites for hydroxylation is 1. The Morgan fingerprint density at radius 1 is 1.19 bits per heavy atom. The van der Waals surface area contributed by atoms with Crippen molar-refractivity contribution in [2.24, 2.45) is 23.7 Å². The first kappa shape index (κ1) is 10.2. The predicted molar refractivity (Wildman–Crippen MR) is 68.7 cm³/mol. The third-order valence-electron chi connectivity index (χ3n) is 4.40. The highest BCUT2D eigenvalue weighted by molar-refractivity contribution is 5.50. The maximum atomic E-state index is 2.57. The lowest BCUT2D eigenvalue weighted by atomic mass is 10.0. The number of benzene rings is 1. The van der Waals surface area contributed by atoms with Gasteiger partial charge in [-0.15, -0.1) is 0 Å². The fourth-order valence-electron chi connectivity index (χ4n) is 3.60. The van der Waals surface area contributed by atoms with Crippen LogP contribution in [0.25, 0.3) is 0 Å². The van der Waals surface area contributed by atoms with Crippen LogP contribution in [0.15, 0.2) is 24.3 Å². The van der Waals surface area contributed by atoms with Gasteiger partial charge in [0.1, 0.15) is 0 Å². The monoisotopic (exact) mass is 215 g/mol. The number of nitrogens with zero attached hydrogens (tertiary/aromatic N) is 1. The molecule has 16 heavy (non-hydrogen) atoms. The van der Waals surface area contributed by atoms with E-state index >= 15 is 0 Å². The highest BCUT2D eigenvalue weighted by Gasteiger charge is 2.56. The lowest BCUT2D eigenvalue weighted by Gasteiger charge is -2.23. The number of anilines is 1.